The van der Waals surface area contributed by atoms with E-state index >= 15 is 0 Å². The molecule has 23 heavy (non-hydrogen) atoms. The Hall–Kier alpha value is -2.02. The van der Waals surface area contributed by atoms with E-state index in [1.165, 1.54) is 11.5 Å². The molecule has 1 fully saturated rings. The molecule has 1 unspecified atom stereocenters. The van der Waals surface area contributed by atoms with E-state index < -0.39 is 0 Å². The Bertz CT molecular complexity index is 658. The first-order valence-corrected chi connectivity index (χ1v) is 8.68. The fraction of sp³-hybridized carbons (Fsp3) is 0.500. The molecule has 2 aromatic rings. The Morgan fingerprint density at radius 2 is 2.35 bits per heavy atom. The Kier molecular flexibility index (Phi) is 4.85. The molecule has 0 aromatic carbocycles. The number of aromatic nitrogens is 3. The van der Waals surface area contributed by atoms with Gasteiger partial charge in [0.2, 0.25) is 5.13 Å². The van der Waals surface area contributed by atoms with E-state index in [4.69, 9.17) is 0 Å². The molecular formula is C16H21N5OS. The molecule has 3 heterocycles. The van der Waals surface area contributed by atoms with Crippen LogP contribution in [-0.4, -0.2) is 44.3 Å². The quantitative estimate of drug-likeness (QED) is 0.911. The van der Waals surface area contributed by atoms with Gasteiger partial charge in [0.25, 0.3) is 5.91 Å². The van der Waals surface area contributed by atoms with Crippen LogP contribution in [0.5, 0.6) is 0 Å². The number of anilines is 1. The summed E-state index contributed by atoms with van der Waals surface area (Å²) in [6, 6.07) is 5.63. The van der Waals surface area contributed by atoms with Crippen molar-refractivity contribution in [3.05, 3.63) is 35.9 Å². The Morgan fingerprint density at radius 1 is 1.48 bits per heavy atom. The Balaban J connectivity index is 1.55. The molecule has 7 heteroatoms. The predicted octanol–water partition coefficient (Wildman–Crippen LogP) is 2.46. The van der Waals surface area contributed by atoms with Crippen LogP contribution in [0.15, 0.2) is 24.4 Å². The predicted molar refractivity (Wildman–Crippen MR) is 90.6 cm³/mol. The number of nitrogens with one attached hydrogen (secondary N) is 1. The van der Waals surface area contributed by atoms with E-state index in [0.29, 0.717) is 18.2 Å². The summed E-state index contributed by atoms with van der Waals surface area (Å²) in [5, 5.41) is 4.25. The van der Waals surface area contributed by atoms with Crippen LogP contribution >= 0.6 is 11.5 Å². The summed E-state index contributed by atoms with van der Waals surface area (Å²) in [5.41, 5.74) is 0.503. The Morgan fingerprint density at radius 3 is 3.09 bits per heavy atom. The maximum atomic E-state index is 12.4. The van der Waals surface area contributed by atoms with Crippen LogP contribution in [0.3, 0.4) is 0 Å². The number of nitrogens with zero attached hydrogens (tertiary/aromatic N) is 4. The zero-order valence-corrected chi connectivity index (χ0v) is 14.2. The summed E-state index contributed by atoms with van der Waals surface area (Å²) < 4.78 is 4.38. The second-order valence-electron chi connectivity index (χ2n) is 6.21. The van der Waals surface area contributed by atoms with E-state index in [-0.39, 0.29) is 11.9 Å². The number of rotatable bonds is 5. The van der Waals surface area contributed by atoms with Crippen molar-refractivity contribution in [1.82, 2.24) is 19.2 Å². The van der Waals surface area contributed by atoms with Gasteiger partial charge in [-0.25, -0.2) is 4.98 Å². The smallest absolute Gasteiger partial charge is 0.272 e. The number of hydrogen-bond acceptors (Lipinski definition) is 6. The highest BCUT2D eigenvalue weighted by molar-refractivity contribution is 7.09. The molecule has 0 radical (unpaired) electrons. The van der Waals surface area contributed by atoms with E-state index in [0.717, 1.165) is 30.3 Å². The summed E-state index contributed by atoms with van der Waals surface area (Å²) >= 11 is 1.40. The second kappa shape index (κ2) is 7.04. The van der Waals surface area contributed by atoms with Crippen LogP contribution in [0, 0.1) is 5.92 Å². The molecule has 1 aliphatic rings. The molecule has 6 nitrogen and oxygen atoms in total. The third-order valence-electron chi connectivity index (χ3n) is 3.75. The van der Waals surface area contributed by atoms with Crippen molar-refractivity contribution in [2.75, 3.05) is 18.4 Å². The number of likely N-dealkylation sites (tertiary alicyclic amines) is 1. The van der Waals surface area contributed by atoms with Crippen LogP contribution in [-0.2, 0) is 6.42 Å². The molecule has 0 bridgehead atoms. The molecule has 2 aromatic heterocycles. The van der Waals surface area contributed by atoms with Crippen molar-refractivity contribution in [2.24, 2.45) is 5.92 Å². The zero-order chi connectivity index (χ0) is 16.2. The van der Waals surface area contributed by atoms with Gasteiger partial charge >= 0.3 is 0 Å². The third-order valence-corrected chi connectivity index (χ3v) is 4.43. The van der Waals surface area contributed by atoms with Crippen molar-refractivity contribution >= 4 is 22.6 Å². The van der Waals surface area contributed by atoms with Crippen molar-refractivity contribution in [3.63, 3.8) is 0 Å². The van der Waals surface area contributed by atoms with Gasteiger partial charge in [-0.3, -0.25) is 9.78 Å². The summed E-state index contributed by atoms with van der Waals surface area (Å²) in [6.45, 7) is 5.73. The molecule has 1 amide bonds. The van der Waals surface area contributed by atoms with E-state index in [9.17, 15) is 4.79 Å². The summed E-state index contributed by atoms with van der Waals surface area (Å²) in [7, 11) is 0. The molecule has 0 saturated carbocycles. The van der Waals surface area contributed by atoms with Gasteiger partial charge in [-0.2, -0.15) is 4.37 Å². The molecule has 0 aliphatic carbocycles. The average molecular weight is 331 g/mol. The SMILES string of the molecule is CC(C)Cc1nsc(NC2CCN(C(=O)c3ccccn3)C2)n1. The normalized spacial score (nSPS) is 17.7. The van der Waals surface area contributed by atoms with E-state index in [2.05, 4.69) is 33.5 Å². The van der Waals surface area contributed by atoms with Gasteiger partial charge < -0.3 is 10.2 Å². The van der Waals surface area contributed by atoms with Crippen LogP contribution in [0.4, 0.5) is 5.13 Å². The lowest BCUT2D eigenvalue weighted by Gasteiger charge is -2.16. The highest BCUT2D eigenvalue weighted by atomic mass is 32.1. The minimum Gasteiger partial charge on any atom is -0.356 e. The molecule has 1 N–H and O–H groups in total. The average Bonchev–Trinajstić information content (AvgIpc) is 3.17. The van der Waals surface area contributed by atoms with E-state index in [1.54, 1.807) is 12.3 Å². The molecule has 1 atom stereocenters. The van der Waals surface area contributed by atoms with Gasteiger partial charge in [-0.1, -0.05) is 19.9 Å². The monoisotopic (exact) mass is 331 g/mol. The van der Waals surface area contributed by atoms with Crippen molar-refractivity contribution in [2.45, 2.75) is 32.7 Å². The second-order valence-corrected chi connectivity index (χ2v) is 6.96. The zero-order valence-electron chi connectivity index (χ0n) is 13.4. The first-order valence-electron chi connectivity index (χ1n) is 7.91. The number of hydrogen-bond donors (Lipinski definition) is 1. The molecular weight excluding hydrogens is 310 g/mol. The van der Waals surface area contributed by atoms with Gasteiger partial charge in [-0.15, -0.1) is 0 Å². The Labute approximate surface area is 140 Å². The lowest BCUT2D eigenvalue weighted by molar-refractivity contribution is 0.0786. The maximum Gasteiger partial charge on any atom is 0.272 e. The summed E-state index contributed by atoms with van der Waals surface area (Å²) in [6.07, 6.45) is 3.46. The van der Waals surface area contributed by atoms with Crippen molar-refractivity contribution in [3.8, 4) is 0 Å². The number of pyridine rings is 1. The molecule has 1 aliphatic heterocycles. The van der Waals surface area contributed by atoms with E-state index in [1.807, 2.05) is 17.0 Å². The minimum atomic E-state index is -0.00680. The van der Waals surface area contributed by atoms with Crippen LogP contribution in [0.2, 0.25) is 0 Å². The first-order chi connectivity index (χ1) is 11.1. The molecule has 0 spiro atoms. The van der Waals surface area contributed by atoms with Crippen LogP contribution in [0.25, 0.3) is 0 Å². The van der Waals surface area contributed by atoms with Crippen LogP contribution in [0.1, 0.15) is 36.6 Å². The van der Waals surface area contributed by atoms with Gasteiger partial charge in [0.1, 0.15) is 11.5 Å². The molecule has 1 saturated heterocycles. The summed E-state index contributed by atoms with van der Waals surface area (Å²) in [5.74, 6) is 1.44. The third kappa shape index (κ3) is 4.04. The van der Waals surface area contributed by atoms with Gasteiger partial charge in [0, 0.05) is 43.3 Å². The molecule has 122 valence electrons. The lowest BCUT2D eigenvalue weighted by atomic mass is 10.1. The van der Waals surface area contributed by atoms with Gasteiger partial charge in [-0.05, 0) is 24.5 Å². The maximum absolute atomic E-state index is 12.4. The number of carbonyl (C=O) groups is 1. The molecule has 3 rings (SSSR count). The fourth-order valence-electron chi connectivity index (χ4n) is 2.65. The van der Waals surface area contributed by atoms with Gasteiger partial charge in [0.15, 0.2) is 0 Å². The first kappa shape index (κ1) is 15.9. The largest absolute Gasteiger partial charge is 0.356 e. The minimum absolute atomic E-state index is 0.00680. The number of amides is 1. The van der Waals surface area contributed by atoms with Crippen LogP contribution < -0.4 is 5.32 Å². The number of carbonyl (C=O) groups excluding carboxylic acids is 1. The van der Waals surface area contributed by atoms with Crippen molar-refractivity contribution < 1.29 is 4.79 Å². The van der Waals surface area contributed by atoms with Crippen molar-refractivity contribution in [1.29, 1.82) is 0 Å². The highest BCUT2D eigenvalue weighted by Gasteiger charge is 2.28. The standard InChI is InChI=1S/C16H21N5OS/c1-11(2)9-14-19-16(23-20-14)18-12-6-8-21(10-12)15(22)13-5-3-4-7-17-13/h3-5,7,11-12H,6,8-10H2,1-2H3,(H,18,19,20). The van der Waals surface area contributed by atoms with Gasteiger partial charge in [0.05, 0.1) is 0 Å². The lowest BCUT2D eigenvalue weighted by Crippen LogP contribution is -2.32. The fourth-order valence-corrected chi connectivity index (χ4v) is 3.32. The topological polar surface area (TPSA) is 71.0 Å². The summed E-state index contributed by atoms with van der Waals surface area (Å²) in [4.78, 5) is 22.9. The highest BCUT2D eigenvalue weighted by Crippen LogP contribution is 2.19.